The number of rotatable bonds is 4. The van der Waals surface area contributed by atoms with E-state index < -0.39 is 5.63 Å². The lowest BCUT2D eigenvalue weighted by Gasteiger charge is -2.01. The van der Waals surface area contributed by atoms with Gasteiger partial charge in [0.2, 0.25) is 0 Å². The van der Waals surface area contributed by atoms with Gasteiger partial charge in [-0.15, -0.1) is 11.3 Å². The van der Waals surface area contributed by atoms with Gasteiger partial charge >= 0.3 is 5.63 Å². The summed E-state index contributed by atoms with van der Waals surface area (Å²) in [6.45, 7) is 1.97. The lowest BCUT2D eigenvalue weighted by molar-refractivity contribution is 0.563. The van der Waals surface area contributed by atoms with Gasteiger partial charge in [0.15, 0.2) is 10.7 Å². The molecule has 0 atom stereocenters. The van der Waals surface area contributed by atoms with Gasteiger partial charge in [-0.1, -0.05) is 30.3 Å². The van der Waals surface area contributed by atoms with E-state index in [2.05, 4.69) is 15.5 Å². The van der Waals surface area contributed by atoms with E-state index in [1.807, 2.05) is 55.5 Å². The highest BCUT2D eigenvalue weighted by atomic mass is 32.1. The number of aromatic nitrogens is 1. The summed E-state index contributed by atoms with van der Waals surface area (Å²) in [5.74, 6) is 0. The number of nitrogens with one attached hydrogen (secondary N) is 1. The molecule has 0 aliphatic rings. The average Bonchev–Trinajstić information content (AvgIpc) is 3.18. The molecule has 2 aromatic carbocycles. The normalized spacial score (nSPS) is 11.4. The van der Waals surface area contributed by atoms with E-state index >= 15 is 0 Å². The zero-order valence-electron chi connectivity index (χ0n) is 14.8. The third kappa shape index (κ3) is 3.54. The van der Waals surface area contributed by atoms with E-state index in [4.69, 9.17) is 4.42 Å². The third-order valence-corrected chi connectivity index (χ3v) is 4.89. The zero-order valence-corrected chi connectivity index (χ0v) is 15.7. The lowest BCUT2D eigenvalue weighted by Crippen LogP contribution is -2.04. The van der Waals surface area contributed by atoms with Crippen molar-refractivity contribution in [2.75, 3.05) is 5.43 Å². The van der Waals surface area contributed by atoms with Crippen LogP contribution in [0, 0.1) is 18.3 Å². The Morgan fingerprint density at radius 1 is 1.21 bits per heavy atom. The first-order valence-electron chi connectivity index (χ1n) is 8.43. The highest BCUT2D eigenvalue weighted by molar-refractivity contribution is 7.12. The number of para-hydroxylation sites is 1. The first-order valence-corrected chi connectivity index (χ1v) is 9.31. The number of benzene rings is 2. The molecule has 4 rings (SSSR count). The summed E-state index contributed by atoms with van der Waals surface area (Å²) in [4.78, 5) is 16.7. The first kappa shape index (κ1) is 17.6. The van der Waals surface area contributed by atoms with Gasteiger partial charge in [0.1, 0.15) is 11.7 Å². The Bertz CT molecular complexity index is 1300. The molecule has 0 fully saturated rings. The maximum Gasteiger partial charge on any atom is 0.345 e. The molecule has 0 unspecified atom stereocenters. The Labute approximate surface area is 164 Å². The molecular weight excluding hydrogens is 372 g/mol. The van der Waals surface area contributed by atoms with Gasteiger partial charge in [-0.2, -0.15) is 10.4 Å². The summed E-state index contributed by atoms with van der Waals surface area (Å²) >= 11 is 1.24. The molecule has 1 N–H and O–H groups in total. The van der Waals surface area contributed by atoms with Crippen LogP contribution in [0.15, 0.2) is 74.3 Å². The van der Waals surface area contributed by atoms with Crippen molar-refractivity contribution in [2.45, 2.75) is 6.92 Å². The minimum Gasteiger partial charge on any atom is -0.422 e. The van der Waals surface area contributed by atoms with Crippen LogP contribution in [-0.2, 0) is 0 Å². The molecule has 0 amide bonds. The van der Waals surface area contributed by atoms with E-state index in [-0.39, 0.29) is 5.71 Å². The van der Waals surface area contributed by atoms with Crippen molar-refractivity contribution in [2.24, 2.45) is 5.10 Å². The SMILES string of the molecule is Cc1cccc(N/N=C(/C#N)c2nc(-c3cc4ccccc4oc3=O)cs2)c1. The number of nitriles is 1. The molecule has 0 radical (unpaired) electrons. The number of hydrogen-bond acceptors (Lipinski definition) is 7. The van der Waals surface area contributed by atoms with Crippen LogP contribution in [0.2, 0.25) is 0 Å². The van der Waals surface area contributed by atoms with Crippen molar-refractivity contribution in [3.05, 3.63) is 81.0 Å². The van der Waals surface area contributed by atoms with Gasteiger partial charge < -0.3 is 4.42 Å². The number of hydrogen-bond donors (Lipinski definition) is 1. The van der Waals surface area contributed by atoms with Crippen molar-refractivity contribution in [1.29, 1.82) is 5.26 Å². The van der Waals surface area contributed by atoms with Gasteiger partial charge in [0, 0.05) is 10.8 Å². The quantitative estimate of drug-likeness (QED) is 0.315. The van der Waals surface area contributed by atoms with Crippen LogP contribution in [-0.4, -0.2) is 10.7 Å². The fraction of sp³-hybridized carbons (Fsp3) is 0.0476. The summed E-state index contributed by atoms with van der Waals surface area (Å²) in [5, 5.41) is 16.6. The Kier molecular flexibility index (Phi) is 4.70. The molecule has 0 spiro atoms. The molecular formula is C21H14N4O2S. The smallest absolute Gasteiger partial charge is 0.345 e. The summed E-state index contributed by atoms with van der Waals surface area (Å²) in [7, 11) is 0. The predicted octanol–water partition coefficient (Wildman–Crippen LogP) is 4.56. The molecule has 0 bridgehead atoms. The summed E-state index contributed by atoms with van der Waals surface area (Å²) in [5.41, 5.74) is 5.73. The van der Waals surface area contributed by atoms with Gasteiger partial charge in [-0.05, 0) is 36.8 Å². The maximum absolute atomic E-state index is 12.3. The van der Waals surface area contributed by atoms with Gasteiger partial charge in [0.05, 0.1) is 16.9 Å². The van der Waals surface area contributed by atoms with E-state index in [0.29, 0.717) is 21.8 Å². The van der Waals surface area contributed by atoms with Gasteiger partial charge in [0.25, 0.3) is 0 Å². The first-order chi connectivity index (χ1) is 13.6. The molecule has 7 heteroatoms. The van der Waals surface area contributed by atoms with Crippen LogP contribution in [0.3, 0.4) is 0 Å². The number of hydrazone groups is 1. The average molecular weight is 386 g/mol. The Morgan fingerprint density at radius 2 is 2.07 bits per heavy atom. The standard InChI is InChI=1S/C21H14N4O2S/c1-13-5-4-7-15(9-13)24-25-17(11-22)20-23-18(12-28-20)16-10-14-6-2-3-8-19(14)27-21(16)26/h2-10,12,24H,1H3/b25-17-. The van der Waals surface area contributed by atoms with Gasteiger partial charge in [-0.3, -0.25) is 5.43 Å². The molecule has 0 aliphatic carbocycles. The van der Waals surface area contributed by atoms with Crippen LogP contribution in [0.1, 0.15) is 10.6 Å². The fourth-order valence-electron chi connectivity index (χ4n) is 2.70. The largest absolute Gasteiger partial charge is 0.422 e. The van der Waals surface area contributed by atoms with Crippen LogP contribution in [0.4, 0.5) is 5.69 Å². The molecule has 0 aliphatic heterocycles. The number of nitrogens with zero attached hydrogens (tertiary/aromatic N) is 3. The van der Waals surface area contributed by atoms with E-state index in [9.17, 15) is 10.1 Å². The lowest BCUT2D eigenvalue weighted by atomic mass is 10.1. The number of anilines is 1. The van der Waals surface area contributed by atoms with Crippen LogP contribution in [0.25, 0.3) is 22.2 Å². The maximum atomic E-state index is 12.3. The van der Waals surface area contributed by atoms with E-state index in [1.54, 1.807) is 17.5 Å². The predicted molar refractivity (Wildman–Crippen MR) is 111 cm³/mol. The molecule has 136 valence electrons. The minimum atomic E-state index is -0.469. The highest BCUT2D eigenvalue weighted by Gasteiger charge is 2.14. The highest BCUT2D eigenvalue weighted by Crippen LogP contribution is 2.23. The van der Waals surface area contributed by atoms with Crippen LogP contribution in [0.5, 0.6) is 0 Å². The summed E-state index contributed by atoms with van der Waals surface area (Å²) in [6, 6.07) is 18.7. The molecule has 0 saturated carbocycles. The van der Waals surface area contributed by atoms with Gasteiger partial charge in [-0.25, -0.2) is 9.78 Å². The second kappa shape index (κ2) is 7.47. The molecule has 2 aromatic heterocycles. The molecule has 28 heavy (non-hydrogen) atoms. The van der Waals surface area contributed by atoms with Crippen molar-refractivity contribution in [3.63, 3.8) is 0 Å². The molecule has 6 nitrogen and oxygen atoms in total. The van der Waals surface area contributed by atoms with E-state index in [0.717, 1.165) is 16.6 Å². The van der Waals surface area contributed by atoms with Crippen molar-refractivity contribution < 1.29 is 4.42 Å². The number of fused-ring (bicyclic) bond motifs is 1. The topological polar surface area (TPSA) is 91.3 Å². The van der Waals surface area contributed by atoms with Crippen molar-refractivity contribution in [3.8, 4) is 17.3 Å². The van der Waals surface area contributed by atoms with E-state index in [1.165, 1.54) is 11.3 Å². The van der Waals surface area contributed by atoms with Crippen molar-refractivity contribution in [1.82, 2.24) is 4.98 Å². The summed E-state index contributed by atoms with van der Waals surface area (Å²) < 4.78 is 5.36. The zero-order chi connectivity index (χ0) is 19.5. The Hall–Kier alpha value is -3.76. The van der Waals surface area contributed by atoms with Crippen LogP contribution >= 0.6 is 11.3 Å². The Balaban J connectivity index is 1.66. The number of thiazole rings is 1. The van der Waals surface area contributed by atoms with Crippen LogP contribution < -0.4 is 11.1 Å². The molecule has 4 aromatic rings. The second-order valence-electron chi connectivity index (χ2n) is 6.08. The molecule has 2 heterocycles. The number of aryl methyl sites for hydroxylation is 1. The summed E-state index contributed by atoms with van der Waals surface area (Å²) in [6.07, 6.45) is 0. The third-order valence-electron chi connectivity index (χ3n) is 4.04. The monoisotopic (exact) mass is 386 g/mol. The molecule has 0 saturated heterocycles. The Morgan fingerprint density at radius 3 is 2.89 bits per heavy atom. The minimum absolute atomic E-state index is 0.142. The van der Waals surface area contributed by atoms with Crippen molar-refractivity contribution >= 4 is 33.7 Å². The second-order valence-corrected chi connectivity index (χ2v) is 6.93. The fourth-order valence-corrected chi connectivity index (χ4v) is 3.46.